The van der Waals surface area contributed by atoms with E-state index in [2.05, 4.69) is 13.8 Å². The first-order chi connectivity index (χ1) is 9.47. The molecular formula is C16H23ClN2O2. The minimum Gasteiger partial charge on any atom is -0.459 e. The summed E-state index contributed by atoms with van der Waals surface area (Å²) in [5.41, 5.74) is 6.77. The van der Waals surface area contributed by atoms with Crippen molar-refractivity contribution in [3.63, 3.8) is 0 Å². The number of carbonyl (C=O) groups is 1. The lowest BCUT2D eigenvalue weighted by Crippen LogP contribution is -2.42. The monoisotopic (exact) mass is 310 g/mol. The number of rotatable bonds is 5. The molecule has 0 unspecified atom stereocenters. The van der Waals surface area contributed by atoms with E-state index in [0.717, 1.165) is 16.7 Å². The van der Waals surface area contributed by atoms with Gasteiger partial charge in [0.05, 0.1) is 12.6 Å². The molecule has 2 aromatic rings. The molecular weight excluding hydrogens is 288 g/mol. The molecule has 1 atom stereocenters. The van der Waals surface area contributed by atoms with Crippen molar-refractivity contribution in [3.05, 3.63) is 36.1 Å². The molecule has 1 amide bonds. The topological polar surface area (TPSA) is 59.5 Å². The van der Waals surface area contributed by atoms with Crippen molar-refractivity contribution in [2.75, 3.05) is 7.05 Å². The lowest BCUT2D eigenvalue weighted by atomic mass is 10.0. The Labute approximate surface area is 131 Å². The van der Waals surface area contributed by atoms with E-state index in [9.17, 15) is 4.79 Å². The number of furan rings is 1. The fourth-order valence-electron chi connectivity index (χ4n) is 2.32. The van der Waals surface area contributed by atoms with E-state index in [1.54, 1.807) is 11.9 Å². The average Bonchev–Trinajstić information content (AvgIpc) is 2.78. The summed E-state index contributed by atoms with van der Waals surface area (Å²) in [6.45, 7) is 4.57. The van der Waals surface area contributed by atoms with Crippen LogP contribution < -0.4 is 5.73 Å². The van der Waals surface area contributed by atoms with Gasteiger partial charge in [-0.25, -0.2) is 0 Å². The largest absolute Gasteiger partial charge is 0.459 e. The number of likely N-dealkylation sites (N-methyl/N-ethyl adjacent to an activating group) is 1. The van der Waals surface area contributed by atoms with Crippen LogP contribution in [-0.2, 0) is 11.3 Å². The Morgan fingerprint density at radius 2 is 2.00 bits per heavy atom. The standard InChI is InChI=1S/C16H22N2O2.ClH/c1-11(2)8-14(17)16(19)18(3)10-13-9-12-6-4-5-7-15(12)20-13;/h4-7,9,11,14H,8,10,17H2,1-3H3;1H/t14-;/m0./s1. The van der Waals surface area contributed by atoms with Gasteiger partial charge in [0, 0.05) is 12.4 Å². The van der Waals surface area contributed by atoms with E-state index in [4.69, 9.17) is 10.2 Å². The first-order valence-corrected chi connectivity index (χ1v) is 6.95. The highest BCUT2D eigenvalue weighted by Gasteiger charge is 2.20. The van der Waals surface area contributed by atoms with Crippen LogP contribution in [0.25, 0.3) is 11.0 Å². The molecule has 0 aliphatic rings. The minimum absolute atomic E-state index is 0. The van der Waals surface area contributed by atoms with Gasteiger partial charge in [-0.3, -0.25) is 4.79 Å². The van der Waals surface area contributed by atoms with Crippen LogP contribution in [0, 0.1) is 5.92 Å². The van der Waals surface area contributed by atoms with E-state index in [0.29, 0.717) is 18.9 Å². The summed E-state index contributed by atoms with van der Waals surface area (Å²) in [6.07, 6.45) is 0.698. The molecule has 0 aliphatic carbocycles. The van der Waals surface area contributed by atoms with E-state index in [1.165, 1.54) is 0 Å². The van der Waals surface area contributed by atoms with E-state index < -0.39 is 6.04 Å². The molecule has 0 bridgehead atoms. The third-order valence-corrected chi connectivity index (χ3v) is 3.29. The van der Waals surface area contributed by atoms with Crippen molar-refractivity contribution < 1.29 is 9.21 Å². The summed E-state index contributed by atoms with van der Waals surface area (Å²) >= 11 is 0. The van der Waals surface area contributed by atoms with Gasteiger partial charge in [0.25, 0.3) is 0 Å². The maximum atomic E-state index is 12.2. The molecule has 5 heteroatoms. The fourth-order valence-corrected chi connectivity index (χ4v) is 2.32. The van der Waals surface area contributed by atoms with Crippen LogP contribution in [0.4, 0.5) is 0 Å². The number of para-hydroxylation sites is 1. The van der Waals surface area contributed by atoms with Gasteiger partial charge in [0.2, 0.25) is 5.91 Å². The van der Waals surface area contributed by atoms with E-state index >= 15 is 0 Å². The van der Waals surface area contributed by atoms with Crippen LogP contribution in [-0.4, -0.2) is 23.9 Å². The molecule has 116 valence electrons. The minimum atomic E-state index is -0.440. The molecule has 0 spiro atoms. The summed E-state index contributed by atoms with van der Waals surface area (Å²) in [4.78, 5) is 13.8. The van der Waals surface area contributed by atoms with Crippen LogP contribution in [0.2, 0.25) is 0 Å². The van der Waals surface area contributed by atoms with Gasteiger partial charge in [-0.2, -0.15) is 0 Å². The number of amides is 1. The predicted octanol–water partition coefficient (Wildman–Crippen LogP) is 3.19. The maximum Gasteiger partial charge on any atom is 0.239 e. The van der Waals surface area contributed by atoms with Crippen LogP contribution in [0.15, 0.2) is 34.7 Å². The first kappa shape index (κ1) is 17.5. The summed E-state index contributed by atoms with van der Waals surface area (Å²) in [6, 6.07) is 9.34. The third kappa shape index (κ3) is 4.48. The fraction of sp³-hybridized carbons (Fsp3) is 0.438. The van der Waals surface area contributed by atoms with Gasteiger partial charge in [-0.15, -0.1) is 12.4 Å². The first-order valence-electron chi connectivity index (χ1n) is 6.95. The van der Waals surface area contributed by atoms with Gasteiger partial charge >= 0.3 is 0 Å². The second kappa shape index (κ2) is 7.48. The van der Waals surface area contributed by atoms with Crippen molar-refractivity contribution in [2.45, 2.75) is 32.9 Å². The zero-order chi connectivity index (χ0) is 14.7. The second-order valence-corrected chi connectivity index (χ2v) is 5.68. The Balaban J connectivity index is 0.00000220. The number of nitrogens with two attached hydrogens (primary N) is 1. The summed E-state index contributed by atoms with van der Waals surface area (Å²) in [7, 11) is 1.76. The molecule has 0 aliphatic heterocycles. The maximum absolute atomic E-state index is 12.2. The number of carbonyl (C=O) groups excluding carboxylic acids is 1. The highest BCUT2D eigenvalue weighted by Crippen LogP contribution is 2.20. The lowest BCUT2D eigenvalue weighted by molar-refractivity contribution is -0.132. The van der Waals surface area contributed by atoms with Gasteiger partial charge < -0.3 is 15.1 Å². The molecule has 21 heavy (non-hydrogen) atoms. The number of halogens is 1. The van der Waals surface area contributed by atoms with Crippen molar-refractivity contribution in [2.24, 2.45) is 11.7 Å². The van der Waals surface area contributed by atoms with Gasteiger partial charge in [-0.05, 0) is 24.5 Å². The molecule has 1 aromatic carbocycles. The summed E-state index contributed by atoms with van der Waals surface area (Å²) < 4.78 is 5.71. The lowest BCUT2D eigenvalue weighted by Gasteiger charge is -2.21. The SMILES string of the molecule is CC(C)C[C@H](N)C(=O)N(C)Cc1cc2ccccc2o1.Cl. The van der Waals surface area contributed by atoms with Crippen molar-refractivity contribution in [3.8, 4) is 0 Å². The molecule has 0 saturated carbocycles. The van der Waals surface area contributed by atoms with Crippen LogP contribution in [0.1, 0.15) is 26.0 Å². The molecule has 0 fully saturated rings. The van der Waals surface area contributed by atoms with Crippen molar-refractivity contribution in [1.82, 2.24) is 4.90 Å². The summed E-state index contributed by atoms with van der Waals surface area (Å²) in [5.74, 6) is 1.14. The Kier molecular flexibility index (Phi) is 6.24. The highest BCUT2D eigenvalue weighted by molar-refractivity contribution is 5.85. The molecule has 1 heterocycles. The van der Waals surface area contributed by atoms with E-state index in [1.807, 2.05) is 30.3 Å². The number of hydrogen-bond donors (Lipinski definition) is 1. The Morgan fingerprint density at radius 1 is 1.33 bits per heavy atom. The van der Waals surface area contributed by atoms with Crippen LogP contribution in [0.5, 0.6) is 0 Å². The Hall–Kier alpha value is -1.52. The molecule has 4 nitrogen and oxygen atoms in total. The second-order valence-electron chi connectivity index (χ2n) is 5.68. The summed E-state index contributed by atoms with van der Waals surface area (Å²) in [5, 5.41) is 1.05. The number of hydrogen-bond acceptors (Lipinski definition) is 3. The smallest absolute Gasteiger partial charge is 0.239 e. The van der Waals surface area contributed by atoms with E-state index in [-0.39, 0.29) is 18.3 Å². The Morgan fingerprint density at radius 3 is 2.62 bits per heavy atom. The Bertz CT molecular complexity index is 562. The van der Waals surface area contributed by atoms with Gasteiger partial charge in [-0.1, -0.05) is 32.0 Å². The molecule has 2 rings (SSSR count). The molecule has 0 saturated heterocycles. The normalized spacial score (nSPS) is 12.2. The number of benzene rings is 1. The number of fused-ring (bicyclic) bond motifs is 1. The highest BCUT2D eigenvalue weighted by atomic mass is 35.5. The van der Waals surface area contributed by atoms with Crippen LogP contribution in [0.3, 0.4) is 0 Å². The zero-order valence-corrected chi connectivity index (χ0v) is 13.5. The number of nitrogens with zero attached hydrogens (tertiary/aromatic N) is 1. The molecule has 1 aromatic heterocycles. The predicted molar refractivity (Wildman–Crippen MR) is 87.4 cm³/mol. The van der Waals surface area contributed by atoms with Crippen molar-refractivity contribution >= 4 is 29.3 Å². The molecule has 2 N–H and O–H groups in total. The zero-order valence-electron chi connectivity index (χ0n) is 12.7. The van der Waals surface area contributed by atoms with Crippen molar-refractivity contribution in [1.29, 1.82) is 0 Å². The van der Waals surface area contributed by atoms with Crippen LogP contribution >= 0.6 is 12.4 Å². The van der Waals surface area contributed by atoms with Gasteiger partial charge in [0.15, 0.2) is 0 Å². The molecule has 0 radical (unpaired) electrons. The average molecular weight is 311 g/mol. The van der Waals surface area contributed by atoms with Gasteiger partial charge in [0.1, 0.15) is 11.3 Å². The third-order valence-electron chi connectivity index (χ3n) is 3.29. The quantitative estimate of drug-likeness (QED) is 0.922.